The number of amides is 1. The van der Waals surface area contributed by atoms with Crippen LogP contribution in [0.1, 0.15) is 11.1 Å². The summed E-state index contributed by atoms with van der Waals surface area (Å²) in [6.45, 7) is 0.913. The predicted molar refractivity (Wildman–Crippen MR) is 82.4 cm³/mol. The molecular weight excluding hydrogens is 286 g/mol. The van der Waals surface area contributed by atoms with E-state index in [1.165, 1.54) is 0 Å². The molecule has 3 nitrogen and oxygen atoms in total. The minimum absolute atomic E-state index is 0.0180. The summed E-state index contributed by atoms with van der Waals surface area (Å²) >= 11 is 5.93. The molecule has 4 heteroatoms. The lowest BCUT2D eigenvalue weighted by atomic mass is 9.96. The van der Waals surface area contributed by atoms with Crippen LogP contribution in [0.25, 0.3) is 0 Å². The number of rotatable bonds is 3. The van der Waals surface area contributed by atoms with Crippen molar-refractivity contribution in [2.45, 2.75) is 13.0 Å². The van der Waals surface area contributed by atoms with Gasteiger partial charge in [-0.25, -0.2) is 0 Å². The van der Waals surface area contributed by atoms with E-state index in [-0.39, 0.29) is 11.8 Å². The van der Waals surface area contributed by atoms with Gasteiger partial charge in [0.05, 0.1) is 5.92 Å². The van der Waals surface area contributed by atoms with Gasteiger partial charge in [-0.1, -0.05) is 41.9 Å². The molecule has 3 rings (SSSR count). The number of ether oxygens (including phenoxy) is 1. The van der Waals surface area contributed by atoms with E-state index in [2.05, 4.69) is 5.32 Å². The first-order chi connectivity index (χ1) is 10.2. The Kier molecular flexibility index (Phi) is 4.11. The highest BCUT2D eigenvalue weighted by Gasteiger charge is 2.25. The number of fused-ring (bicyclic) bond motifs is 1. The zero-order valence-corrected chi connectivity index (χ0v) is 12.3. The topological polar surface area (TPSA) is 38.3 Å². The molecule has 21 heavy (non-hydrogen) atoms. The summed E-state index contributed by atoms with van der Waals surface area (Å²) < 4.78 is 5.65. The monoisotopic (exact) mass is 301 g/mol. The number of hydrogen-bond acceptors (Lipinski definition) is 2. The first-order valence-electron chi connectivity index (χ1n) is 6.95. The molecule has 1 aliphatic heterocycles. The maximum atomic E-state index is 12.2. The molecule has 1 aliphatic rings. The lowest BCUT2D eigenvalue weighted by molar-refractivity contribution is -0.126. The summed E-state index contributed by atoms with van der Waals surface area (Å²) in [7, 11) is 0. The van der Waals surface area contributed by atoms with E-state index in [1.54, 1.807) is 0 Å². The summed E-state index contributed by atoms with van der Waals surface area (Å²) in [5, 5.41) is 3.63. The number of carbonyl (C=O) groups is 1. The van der Waals surface area contributed by atoms with Crippen molar-refractivity contribution in [1.29, 1.82) is 0 Å². The molecule has 1 atom stereocenters. The van der Waals surface area contributed by atoms with Gasteiger partial charge in [-0.3, -0.25) is 4.79 Å². The van der Waals surface area contributed by atoms with Crippen LogP contribution in [0.4, 0.5) is 0 Å². The highest BCUT2D eigenvalue weighted by atomic mass is 35.5. The number of carbonyl (C=O) groups excluding carboxylic acids is 1. The molecule has 0 saturated heterocycles. The molecule has 0 aromatic heterocycles. The number of hydrogen-bond donors (Lipinski definition) is 1. The van der Waals surface area contributed by atoms with E-state index in [9.17, 15) is 4.79 Å². The molecule has 0 bridgehead atoms. The van der Waals surface area contributed by atoms with Crippen molar-refractivity contribution in [3.63, 3.8) is 0 Å². The normalized spacial score (nSPS) is 16.7. The van der Waals surface area contributed by atoms with Gasteiger partial charge in [-0.15, -0.1) is 0 Å². The van der Waals surface area contributed by atoms with Crippen LogP contribution in [0.3, 0.4) is 0 Å². The first kappa shape index (κ1) is 14.0. The highest BCUT2D eigenvalue weighted by molar-refractivity contribution is 6.30. The van der Waals surface area contributed by atoms with Crippen LogP contribution >= 0.6 is 11.6 Å². The van der Waals surface area contributed by atoms with Crippen LogP contribution in [0.5, 0.6) is 5.75 Å². The van der Waals surface area contributed by atoms with Gasteiger partial charge >= 0.3 is 0 Å². The van der Waals surface area contributed by atoms with Gasteiger partial charge in [0.15, 0.2) is 0 Å². The summed E-state index contributed by atoms with van der Waals surface area (Å²) in [4.78, 5) is 12.2. The Balaban J connectivity index is 1.59. The lowest BCUT2D eigenvalue weighted by Gasteiger charge is -2.24. The van der Waals surface area contributed by atoms with Crippen LogP contribution in [0, 0.1) is 5.92 Å². The summed E-state index contributed by atoms with van der Waals surface area (Å²) in [5.41, 5.74) is 2.08. The smallest absolute Gasteiger partial charge is 0.227 e. The lowest BCUT2D eigenvalue weighted by Crippen LogP contribution is -2.37. The largest absolute Gasteiger partial charge is 0.492 e. The average Bonchev–Trinajstić information content (AvgIpc) is 2.52. The molecule has 0 radical (unpaired) electrons. The number of benzene rings is 2. The van der Waals surface area contributed by atoms with E-state index in [0.29, 0.717) is 18.2 Å². The third-order valence-electron chi connectivity index (χ3n) is 3.61. The molecule has 2 aromatic carbocycles. The standard InChI is InChI=1S/C17H16ClNO2/c18-15-6-3-4-12(8-15)10-19-17(20)14-9-13-5-1-2-7-16(13)21-11-14/h1-8,14H,9-11H2,(H,19,20). The van der Waals surface area contributed by atoms with Crippen LogP contribution < -0.4 is 10.1 Å². The van der Waals surface area contributed by atoms with Gasteiger partial charge in [-0.2, -0.15) is 0 Å². The Hall–Kier alpha value is -2.00. The van der Waals surface area contributed by atoms with Crippen LogP contribution in [-0.2, 0) is 17.8 Å². The minimum Gasteiger partial charge on any atom is -0.492 e. The summed E-state index contributed by atoms with van der Waals surface area (Å²) in [6.07, 6.45) is 0.720. The second-order valence-corrected chi connectivity index (χ2v) is 5.60. The molecule has 108 valence electrons. The van der Waals surface area contributed by atoms with E-state index in [1.807, 2.05) is 48.5 Å². The van der Waals surface area contributed by atoms with Gasteiger partial charge in [0.1, 0.15) is 12.4 Å². The molecular formula is C17H16ClNO2. The molecule has 0 saturated carbocycles. The minimum atomic E-state index is -0.140. The maximum absolute atomic E-state index is 12.2. The predicted octanol–water partition coefficient (Wildman–Crippen LogP) is 3.21. The van der Waals surface area contributed by atoms with Crippen molar-refractivity contribution in [2.24, 2.45) is 5.92 Å². The Morgan fingerprint density at radius 1 is 1.24 bits per heavy atom. The molecule has 0 fully saturated rings. The zero-order chi connectivity index (χ0) is 14.7. The molecule has 0 spiro atoms. The average molecular weight is 302 g/mol. The van der Waals surface area contributed by atoms with E-state index >= 15 is 0 Å². The second kappa shape index (κ2) is 6.19. The van der Waals surface area contributed by atoms with Crippen LogP contribution in [0.15, 0.2) is 48.5 Å². The Morgan fingerprint density at radius 3 is 2.95 bits per heavy atom. The van der Waals surface area contributed by atoms with Crippen LogP contribution in [0.2, 0.25) is 5.02 Å². The Morgan fingerprint density at radius 2 is 2.10 bits per heavy atom. The van der Waals surface area contributed by atoms with Crippen molar-refractivity contribution >= 4 is 17.5 Å². The fourth-order valence-corrected chi connectivity index (χ4v) is 2.69. The third-order valence-corrected chi connectivity index (χ3v) is 3.84. The van der Waals surface area contributed by atoms with E-state index in [0.717, 1.165) is 23.3 Å². The van der Waals surface area contributed by atoms with Gasteiger partial charge in [0, 0.05) is 11.6 Å². The Labute approximate surface area is 128 Å². The van der Waals surface area contributed by atoms with Crippen molar-refractivity contribution in [1.82, 2.24) is 5.32 Å². The van der Waals surface area contributed by atoms with E-state index in [4.69, 9.17) is 16.3 Å². The molecule has 2 aromatic rings. The number of halogens is 1. The van der Waals surface area contributed by atoms with Crippen molar-refractivity contribution in [3.8, 4) is 5.75 Å². The van der Waals surface area contributed by atoms with Gasteiger partial charge in [0.2, 0.25) is 5.91 Å². The van der Waals surface area contributed by atoms with E-state index < -0.39 is 0 Å². The number of nitrogens with one attached hydrogen (secondary N) is 1. The SMILES string of the molecule is O=C(NCc1cccc(Cl)c1)C1COc2ccccc2C1. The fourth-order valence-electron chi connectivity index (χ4n) is 2.48. The summed E-state index contributed by atoms with van der Waals surface area (Å²) in [6, 6.07) is 15.4. The molecule has 1 heterocycles. The second-order valence-electron chi connectivity index (χ2n) is 5.17. The van der Waals surface area contributed by atoms with Gasteiger partial charge in [0.25, 0.3) is 0 Å². The van der Waals surface area contributed by atoms with Crippen molar-refractivity contribution < 1.29 is 9.53 Å². The first-order valence-corrected chi connectivity index (χ1v) is 7.33. The Bertz CT molecular complexity index is 657. The fraction of sp³-hybridized carbons (Fsp3) is 0.235. The summed E-state index contributed by atoms with van der Waals surface area (Å²) in [5.74, 6) is 0.764. The van der Waals surface area contributed by atoms with Crippen molar-refractivity contribution in [2.75, 3.05) is 6.61 Å². The van der Waals surface area contributed by atoms with Gasteiger partial charge < -0.3 is 10.1 Å². The van der Waals surface area contributed by atoms with Gasteiger partial charge in [-0.05, 0) is 35.7 Å². The quantitative estimate of drug-likeness (QED) is 0.945. The third kappa shape index (κ3) is 3.37. The molecule has 1 amide bonds. The molecule has 1 N–H and O–H groups in total. The molecule has 0 aliphatic carbocycles. The zero-order valence-electron chi connectivity index (χ0n) is 11.5. The van der Waals surface area contributed by atoms with Crippen LogP contribution in [-0.4, -0.2) is 12.5 Å². The number of para-hydroxylation sites is 1. The van der Waals surface area contributed by atoms with Crippen molar-refractivity contribution in [3.05, 3.63) is 64.7 Å². The highest BCUT2D eigenvalue weighted by Crippen LogP contribution is 2.26. The molecule has 1 unspecified atom stereocenters. The maximum Gasteiger partial charge on any atom is 0.227 e.